The van der Waals surface area contributed by atoms with Crippen LogP contribution in [0.3, 0.4) is 0 Å². The van der Waals surface area contributed by atoms with E-state index in [0.717, 1.165) is 38.3 Å². The molecule has 0 spiro atoms. The van der Waals surface area contributed by atoms with Crippen LogP contribution in [0.4, 0.5) is 11.4 Å². The number of carbonyl (C=O) groups is 1. The minimum Gasteiger partial charge on any atom is -0.368 e. The highest BCUT2D eigenvalue weighted by molar-refractivity contribution is 5.83. The Kier molecular flexibility index (Phi) is 5.99. The lowest BCUT2D eigenvalue weighted by Crippen LogP contribution is -2.57. The summed E-state index contributed by atoms with van der Waals surface area (Å²) >= 11 is 0. The van der Waals surface area contributed by atoms with Crippen LogP contribution in [0.15, 0.2) is 48.5 Å². The van der Waals surface area contributed by atoms with Crippen LogP contribution < -0.4 is 26.6 Å². The van der Waals surface area contributed by atoms with Crippen LogP contribution >= 0.6 is 0 Å². The number of nitrogens with zero attached hydrogens (tertiary/aromatic N) is 2. The van der Waals surface area contributed by atoms with E-state index in [1.54, 1.807) is 0 Å². The number of carbonyl (C=O) groups excluding carboxylic acids is 1. The van der Waals surface area contributed by atoms with E-state index in [-0.39, 0.29) is 18.1 Å². The third-order valence-electron chi connectivity index (χ3n) is 5.73. The summed E-state index contributed by atoms with van der Waals surface area (Å²) in [4.78, 5) is 17.4. The lowest BCUT2D eigenvalue weighted by Gasteiger charge is -2.37. The molecule has 1 amide bonds. The summed E-state index contributed by atoms with van der Waals surface area (Å²) in [6.07, 6.45) is 0.797. The fourth-order valence-corrected chi connectivity index (χ4v) is 3.84. The number of amides is 1. The van der Waals surface area contributed by atoms with Crippen molar-refractivity contribution in [3.05, 3.63) is 59.7 Å². The number of nitrogens with one attached hydrogen (secondary N) is 4. The van der Waals surface area contributed by atoms with Crippen LogP contribution in [-0.2, 0) is 11.2 Å². The molecule has 29 heavy (non-hydrogen) atoms. The van der Waals surface area contributed by atoms with Crippen molar-refractivity contribution in [1.29, 1.82) is 0 Å². The van der Waals surface area contributed by atoms with Gasteiger partial charge in [-0.3, -0.25) is 4.79 Å². The second-order valence-corrected chi connectivity index (χ2v) is 7.71. The Hall–Kier alpha value is -2.61. The molecule has 2 heterocycles. The van der Waals surface area contributed by atoms with Crippen LogP contribution in [0.2, 0.25) is 0 Å². The lowest BCUT2D eigenvalue weighted by atomic mass is 10.1. The summed E-state index contributed by atoms with van der Waals surface area (Å²) in [5.74, 6) is 0.105. The SMILES string of the molecule is CCc1ccc(NC2NNNC2C(=O)N2CCN(c3ccc(C)cc3)CC2)cc1. The van der Waals surface area contributed by atoms with E-state index in [1.165, 1.54) is 16.8 Å². The van der Waals surface area contributed by atoms with Crippen molar-refractivity contribution in [2.24, 2.45) is 0 Å². The molecule has 2 saturated heterocycles. The van der Waals surface area contributed by atoms with Gasteiger partial charge in [0.25, 0.3) is 0 Å². The van der Waals surface area contributed by atoms with Gasteiger partial charge in [0.05, 0.1) is 0 Å². The second kappa shape index (κ2) is 8.82. The summed E-state index contributed by atoms with van der Waals surface area (Å²) in [5.41, 5.74) is 13.9. The largest absolute Gasteiger partial charge is 0.368 e. The highest BCUT2D eigenvalue weighted by atomic mass is 16.2. The van der Waals surface area contributed by atoms with Crippen molar-refractivity contribution in [3.63, 3.8) is 0 Å². The van der Waals surface area contributed by atoms with Gasteiger partial charge in [-0.25, -0.2) is 10.9 Å². The average Bonchev–Trinajstić information content (AvgIpc) is 3.22. The zero-order valence-corrected chi connectivity index (χ0v) is 17.1. The van der Waals surface area contributed by atoms with Gasteiger partial charge in [-0.05, 0) is 43.2 Å². The maximum atomic E-state index is 13.1. The first-order valence-corrected chi connectivity index (χ1v) is 10.4. The van der Waals surface area contributed by atoms with E-state index in [9.17, 15) is 4.79 Å². The zero-order chi connectivity index (χ0) is 20.2. The molecule has 2 aliphatic rings. The molecule has 4 N–H and O–H groups in total. The summed E-state index contributed by atoms with van der Waals surface area (Å²) in [5, 5.41) is 3.41. The quantitative estimate of drug-likeness (QED) is 0.618. The Labute approximate surface area is 172 Å². The molecule has 0 bridgehead atoms. The van der Waals surface area contributed by atoms with E-state index < -0.39 is 0 Å². The fraction of sp³-hybridized carbons (Fsp3) is 0.409. The Morgan fingerprint density at radius 1 is 1.00 bits per heavy atom. The van der Waals surface area contributed by atoms with Crippen molar-refractivity contribution >= 4 is 17.3 Å². The van der Waals surface area contributed by atoms with E-state index >= 15 is 0 Å². The predicted octanol–water partition coefficient (Wildman–Crippen LogP) is 1.63. The monoisotopic (exact) mass is 394 g/mol. The Bertz CT molecular complexity index is 814. The molecule has 2 fully saturated rings. The molecule has 2 aliphatic heterocycles. The van der Waals surface area contributed by atoms with Gasteiger partial charge in [0, 0.05) is 37.6 Å². The fourth-order valence-electron chi connectivity index (χ4n) is 3.84. The van der Waals surface area contributed by atoms with Crippen LogP contribution in [0.25, 0.3) is 0 Å². The van der Waals surface area contributed by atoms with Gasteiger partial charge < -0.3 is 15.1 Å². The van der Waals surface area contributed by atoms with Gasteiger partial charge in [0.15, 0.2) is 0 Å². The van der Waals surface area contributed by atoms with Gasteiger partial charge in [-0.2, -0.15) is 5.53 Å². The lowest BCUT2D eigenvalue weighted by molar-refractivity contribution is -0.133. The number of hydrogen-bond donors (Lipinski definition) is 4. The maximum absolute atomic E-state index is 13.1. The normalized spacial score (nSPS) is 22.0. The van der Waals surface area contributed by atoms with Crippen molar-refractivity contribution in [3.8, 4) is 0 Å². The molecule has 2 unspecified atom stereocenters. The number of hydrazine groups is 2. The van der Waals surface area contributed by atoms with E-state index in [1.807, 2.05) is 4.90 Å². The van der Waals surface area contributed by atoms with Crippen molar-refractivity contribution in [1.82, 2.24) is 21.3 Å². The van der Waals surface area contributed by atoms with Crippen molar-refractivity contribution < 1.29 is 4.79 Å². The Balaban J connectivity index is 1.34. The van der Waals surface area contributed by atoms with E-state index in [0.29, 0.717) is 0 Å². The molecule has 0 radical (unpaired) electrons. The molecule has 0 aromatic heterocycles. The smallest absolute Gasteiger partial charge is 0.244 e. The highest BCUT2D eigenvalue weighted by Crippen LogP contribution is 2.18. The van der Waals surface area contributed by atoms with Gasteiger partial charge in [0.1, 0.15) is 12.2 Å². The first-order valence-electron chi connectivity index (χ1n) is 10.4. The summed E-state index contributed by atoms with van der Waals surface area (Å²) in [6.45, 7) is 7.38. The number of piperazine rings is 1. The van der Waals surface area contributed by atoms with Crippen LogP contribution in [-0.4, -0.2) is 49.2 Å². The van der Waals surface area contributed by atoms with Crippen LogP contribution in [0, 0.1) is 6.92 Å². The van der Waals surface area contributed by atoms with Crippen molar-refractivity contribution in [2.75, 3.05) is 36.4 Å². The first kappa shape index (κ1) is 19.7. The average molecular weight is 395 g/mol. The zero-order valence-electron chi connectivity index (χ0n) is 17.1. The van der Waals surface area contributed by atoms with Crippen LogP contribution in [0.5, 0.6) is 0 Å². The van der Waals surface area contributed by atoms with Crippen LogP contribution in [0.1, 0.15) is 18.1 Å². The predicted molar refractivity (Wildman–Crippen MR) is 116 cm³/mol. The molecule has 154 valence electrons. The Morgan fingerprint density at radius 3 is 2.34 bits per heavy atom. The third kappa shape index (κ3) is 4.53. The number of anilines is 2. The first-order chi connectivity index (χ1) is 14.1. The third-order valence-corrected chi connectivity index (χ3v) is 5.73. The molecule has 4 rings (SSSR count). The molecule has 2 aromatic rings. The van der Waals surface area contributed by atoms with Gasteiger partial charge in [-0.15, -0.1) is 0 Å². The minimum atomic E-state index is -0.369. The molecular weight excluding hydrogens is 364 g/mol. The second-order valence-electron chi connectivity index (χ2n) is 7.71. The number of benzene rings is 2. The molecule has 2 aromatic carbocycles. The van der Waals surface area contributed by atoms with Gasteiger partial charge >= 0.3 is 0 Å². The topological polar surface area (TPSA) is 71.7 Å². The highest BCUT2D eigenvalue weighted by Gasteiger charge is 2.36. The standard InChI is InChI=1S/C22H30N6O/c1-3-17-6-8-18(9-7-17)23-21-20(24-26-25-21)22(29)28-14-12-27(13-15-28)19-10-4-16(2)5-11-19/h4-11,20-21,23-26H,3,12-15H2,1-2H3. The molecular formula is C22H30N6O. The van der Waals surface area contributed by atoms with E-state index in [4.69, 9.17) is 0 Å². The molecule has 2 atom stereocenters. The number of aryl methyl sites for hydroxylation is 2. The Morgan fingerprint density at radius 2 is 1.69 bits per heavy atom. The van der Waals surface area contributed by atoms with E-state index in [2.05, 4.69) is 89.0 Å². The maximum Gasteiger partial charge on any atom is 0.244 e. The minimum absolute atomic E-state index is 0.105. The summed E-state index contributed by atoms with van der Waals surface area (Å²) in [6, 6.07) is 16.5. The number of rotatable bonds is 5. The van der Waals surface area contributed by atoms with Crippen molar-refractivity contribution in [2.45, 2.75) is 32.5 Å². The summed E-state index contributed by atoms with van der Waals surface area (Å²) in [7, 11) is 0. The molecule has 7 nitrogen and oxygen atoms in total. The molecule has 0 saturated carbocycles. The molecule has 0 aliphatic carbocycles. The van der Waals surface area contributed by atoms with Gasteiger partial charge in [-0.1, -0.05) is 36.8 Å². The number of hydrogen-bond acceptors (Lipinski definition) is 6. The molecule has 7 heteroatoms. The van der Waals surface area contributed by atoms with Gasteiger partial charge in [0.2, 0.25) is 5.91 Å². The summed E-state index contributed by atoms with van der Waals surface area (Å²) < 4.78 is 0.